The van der Waals surface area contributed by atoms with Gasteiger partial charge in [-0.25, -0.2) is 9.18 Å². The third-order valence-corrected chi connectivity index (χ3v) is 7.53. The molecular formula is C25H33FN6O3. The summed E-state index contributed by atoms with van der Waals surface area (Å²) in [7, 11) is 0. The number of urea groups is 1. The molecule has 1 aromatic carbocycles. The zero-order chi connectivity index (χ0) is 24.5. The smallest absolute Gasteiger partial charge is 0.321 e. The van der Waals surface area contributed by atoms with Gasteiger partial charge in [-0.15, -0.1) is 0 Å². The predicted molar refractivity (Wildman–Crippen MR) is 128 cm³/mol. The summed E-state index contributed by atoms with van der Waals surface area (Å²) >= 11 is 0. The van der Waals surface area contributed by atoms with Gasteiger partial charge in [-0.1, -0.05) is 6.07 Å². The summed E-state index contributed by atoms with van der Waals surface area (Å²) < 4.78 is 19.0. The molecule has 2 aromatic rings. The monoisotopic (exact) mass is 484 g/mol. The number of carbonyl (C=O) groups excluding carboxylic acids is 2. The molecule has 9 nitrogen and oxygen atoms in total. The highest BCUT2D eigenvalue weighted by Gasteiger charge is 2.41. The van der Waals surface area contributed by atoms with Crippen molar-refractivity contribution in [3.63, 3.8) is 0 Å². The fourth-order valence-corrected chi connectivity index (χ4v) is 5.39. The van der Waals surface area contributed by atoms with E-state index < -0.39 is 11.7 Å². The molecule has 1 aromatic heterocycles. The van der Waals surface area contributed by atoms with Crippen molar-refractivity contribution >= 4 is 17.8 Å². The van der Waals surface area contributed by atoms with Gasteiger partial charge in [0.25, 0.3) is 5.91 Å². The van der Waals surface area contributed by atoms with Crippen molar-refractivity contribution in [2.45, 2.75) is 57.8 Å². The van der Waals surface area contributed by atoms with Crippen molar-refractivity contribution in [3.8, 4) is 0 Å². The van der Waals surface area contributed by atoms with Gasteiger partial charge in [-0.05, 0) is 63.8 Å². The quantitative estimate of drug-likeness (QED) is 0.605. The number of benzene rings is 1. The van der Waals surface area contributed by atoms with E-state index in [1.165, 1.54) is 18.2 Å². The number of rotatable bonds is 5. The third-order valence-electron chi connectivity index (χ3n) is 7.53. The predicted octanol–water partition coefficient (Wildman–Crippen LogP) is 3.28. The number of anilines is 1. The number of hydrogen-bond acceptors (Lipinski definition) is 5. The van der Waals surface area contributed by atoms with Gasteiger partial charge in [-0.2, -0.15) is 5.10 Å². The van der Waals surface area contributed by atoms with E-state index >= 15 is 0 Å². The molecule has 4 heterocycles. The number of carbonyl (C=O) groups is 2. The average Bonchev–Trinajstić information content (AvgIpc) is 3.53. The molecule has 3 unspecified atom stereocenters. The molecule has 2 fully saturated rings. The van der Waals surface area contributed by atoms with Crippen molar-refractivity contribution < 1.29 is 18.7 Å². The zero-order valence-electron chi connectivity index (χ0n) is 20.2. The summed E-state index contributed by atoms with van der Waals surface area (Å²) in [6, 6.07) is 5.75. The second-order valence-electron chi connectivity index (χ2n) is 9.91. The lowest BCUT2D eigenvalue weighted by Gasteiger charge is -2.30. The van der Waals surface area contributed by atoms with Gasteiger partial charge in [0.1, 0.15) is 5.82 Å². The van der Waals surface area contributed by atoms with Crippen LogP contribution in [0.4, 0.5) is 15.0 Å². The van der Waals surface area contributed by atoms with Crippen molar-refractivity contribution in [3.05, 3.63) is 46.9 Å². The largest absolute Gasteiger partial charge is 0.381 e. The molecule has 0 bridgehead atoms. The Bertz CT molecular complexity index is 1080. The number of nitrogens with zero attached hydrogens (tertiary/aromatic N) is 3. The molecule has 3 atom stereocenters. The van der Waals surface area contributed by atoms with E-state index in [0.29, 0.717) is 24.8 Å². The molecule has 188 valence electrons. The molecule has 0 saturated carbocycles. The molecule has 3 aliphatic rings. The van der Waals surface area contributed by atoms with Gasteiger partial charge in [-0.3, -0.25) is 9.89 Å². The Hall–Kier alpha value is -2.98. The van der Waals surface area contributed by atoms with Gasteiger partial charge in [0.2, 0.25) is 0 Å². The van der Waals surface area contributed by atoms with Crippen LogP contribution in [0.3, 0.4) is 0 Å². The number of H-pyrrole nitrogens is 1. The van der Waals surface area contributed by atoms with Crippen LogP contribution in [0.25, 0.3) is 0 Å². The SMILES string of the molecule is CC1CC(NCC2CCOCC2)CN1C(=O)N1Cc2c(NC(=O)c3cccc(F)c3)n[nH]c2C1C. The molecule has 5 rings (SSSR count). The maximum absolute atomic E-state index is 13.5. The number of aromatic amines is 1. The topological polar surface area (TPSA) is 103 Å². The first kappa shape index (κ1) is 23.7. The first-order valence-electron chi connectivity index (χ1n) is 12.4. The second kappa shape index (κ2) is 9.94. The Morgan fingerprint density at radius 1 is 1.23 bits per heavy atom. The Balaban J connectivity index is 1.20. The molecular weight excluding hydrogens is 451 g/mol. The second-order valence-corrected chi connectivity index (χ2v) is 9.91. The van der Waals surface area contributed by atoms with Gasteiger partial charge in [0.05, 0.1) is 18.3 Å². The number of ether oxygens (including phenoxy) is 1. The van der Waals surface area contributed by atoms with E-state index in [0.717, 1.165) is 50.3 Å². The van der Waals surface area contributed by atoms with Crippen LogP contribution in [0.1, 0.15) is 60.8 Å². The van der Waals surface area contributed by atoms with Crippen molar-refractivity contribution in [1.29, 1.82) is 0 Å². The molecule has 2 saturated heterocycles. The van der Waals surface area contributed by atoms with Crippen LogP contribution in [0.5, 0.6) is 0 Å². The molecule has 0 spiro atoms. The number of aromatic nitrogens is 2. The highest BCUT2D eigenvalue weighted by atomic mass is 19.1. The van der Waals surface area contributed by atoms with Crippen LogP contribution in [0.2, 0.25) is 0 Å². The van der Waals surface area contributed by atoms with Crippen molar-refractivity contribution in [2.75, 3.05) is 31.6 Å². The fraction of sp³-hybridized carbons (Fsp3) is 0.560. The number of likely N-dealkylation sites (tertiary alicyclic amines) is 1. The van der Waals surface area contributed by atoms with Gasteiger partial charge in [0, 0.05) is 43.0 Å². The number of nitrogens with one attached hydrogen (secondary N) is 3. The lowest BCUT2D eigenvalue weighted by atomic mass is 10.00. The average molecular weight is 485 g/mol. The molecule has 10 heteroatoms. The van der Waals surface area contributed by atoms with Crippen LogP contribution in [-0.2, 0) is 11.3 Å². The van der Waals surface area contributed by atoms with Crippen LogP contribution in [0.15, 0.2) is 24.3 Å². The van der Waals surface area contributed by atoms with Crippen LogP contribution in [0, 0.1) is 11.7 Å². The van der Waals surface area contributed by atoms with Gasteiger partial charge < -0.3 is 25.2 Å². The first-order chi connectivity index (χ1) is 16.9. The Labute approximate surface area is 204 Å². The summed E-state index contributed by atoms with van der Waals surface area (Å²) in [6.07, 6.45) is 3.11. The Morgan fingerprint density at radius 2 is 2.03 bits per heavy atom. The maximum Gasteiger partial charge on any atom is 0.321 e. The number of fused-ring (bicyclic) bond motifs is 1. The Morgan fingerprint density at radius 3 is 2.80 bits per heavy atom. The molecule has 35 heavy (non-hydrogen) atoms. The lowest BCUT2D eigenvalue weighted by Crippen LogP contribution is -2.45. The maximum atomic E-state index is 13.5. The molecule has 3 aliphatic heterocycles. The van der Waals surface area contributed by atoms with Crippen LogP contribution < -0.4 is 10.6 Å². The highest BCUT2D eigenvalue weighted by molar-refractivity contribution is 6.04. The van der Waals surface area contributed by atoms with Crippen LogP contribution in [-0.4, -0.2) is 70.3 Å². The normalized spacial score (nSPS) is 24.6. The summed E-state index contributed by atoms with van der Waals surface area (Å²) in [5, 5.41) is 13.7. The summed E-state index contributed by atoms with van der Waals surface area (Å²) in [5.41, 5.74) is 1.82. The molecule has 0 radical (unpaired) electrons. The van der Waals surface area contributed by atoms with E-state index in [9.17, 15) is 14.0 Å². The number of halogens is 1. The van der Waals surface area contributed by atoms with E-state index in [1.54, 1.807) is 6.07 Å². The van der Waals surface area contributed by atoms with Gasteiger partial charge in [0.15, 0.2) is 5.82 Å². The van der Waals surface area contributed by atoms with E-state index in [2.05, 4.69) is 27.8 Å². The zero-order valence-corrected chi connectivity index (χ0v) is 20.2. The van der Waals surface area contributed by atoms with E-state index in [4.69, 9.17) is 4.74 Å². The minimum atomic E-state index is -0.476. The summed E-state index contributed by atoms with van der Waals surface area (Å²) in [4.78, 5) is 29.9. The highest BCUT2D eigenvalue weighted by Crippen LogP contribution is 2.37. The molecule has 3 N–H and O–H groups in total. The van der Waals surface area contributed by atoms with E-state index in [1.807, 2.05) is 16.7 Å². The standard InChI is InChI=1S/C25H33FN6O3/c1-15-10-20(27-12-17-6-8-35-9-7-17)13-31(15)25(34)32-14-21-22(16(32)2)29-30-23(21)28-24(33)18-4-3-5-19(26)11-18/h3-5,11,15-17,20,27H,6-10,12-14H2,1-2H3,(H2,28,29,30,33). The van der Waals surface area contributed by atoms with Crippen LogP contribution >= 0.6 is 0 Å². The summed E-state index contributed by atoms with van der Waals surface area (Å²) in [6.45, 7) is 7.74. The number of amides is 3. The third kappa shape index (κ3) is 4.90. The minimum Gasteiger partial charge on any atom is -0.381 e. The fourth-order valence-electron chi connectivity index (χ4n) is 5.39. The van der Waals surface area contributed by atoms with Gasteiger partial charge >= 0.3 is 6.03 Å². The number of hydrogen-bond donors (Lipinski definition) is 3. The first-order valence-corrected chi connectivity index (χ1v) is 12.4. The van der Waals surface area contributed by atoms with Crippen molar-refractivity contribution in [1.82, 2.24) is 25.3 Å². The van der Waals surface area contributed by atoms with E-state index in [-0.39, 0.29) is 29.7 Å². The summed E-state index contributed by atoms with van der Waals surface area (Å²) in [5.74, 6) is 0.0984. The minimum absolute atomic E-state index is 0.00706. The Kier molecular flexibility index (Phi) is 6.75. The molecule has 0 aliphatic carbocycles. The van der Waals surface area contributed by atoms with Crippen molar-refractivity contribution in [2.24, 2.45) is 5.92 Å². The molecule has 3 amide bonds. The lowest BCUT2D eigenvalue weighted by molar-refractivity contribution is 0.0655.